The van der Waals surface area contributed by atoms with Gasteiger partial charge in [-0.05, 0) is 53.0 Å². The first-order valence-corrected chi connectivity index (χ1v) is 5.62. The molecule has 76 valence electrons. The molecular weight excluding hydrogens is 242 g/mol. The average molecular weight is 256 g/mol. The molecule has 1 N–H and O–H groups in total. The van der Waals surface area contributed by atoms with Crippen molar-refractivity contribution in [3.63, 3.8) is 0 Å². The first-order chi connectivity index (χ1) is 6.74. The van der Waals surface area contributed by atoms with E-state index < -0.39 is 0 Å². The Kier molecular flexibility index (Phi) is 2.79. The van der Waals surface area contributed by atoms with Crippen molar-refractivity contribution in [3.05, 3.63) is 27.7 Å². The lowest BCUT2D eigenvalue weighted by atomic mass is 9.95. The topological polar surface area (TPSA) is 21.3 Å². The number of rotatable bonds is 1. The Labute approximate surface area is 92.8 Å². The third kappa shape index (κ3) is 1.55. The summed E-state index contributed by atoms with van der Waals surface area (Å²) in [5, 5.41) is 3.44. The average Bonchev–Trinajstić information content (AvgIpc) is 2.20. The maximum atomic E-state index is 5.28. The van der Waals surface area contributed by atoms with E-state index in [0.717, 1.165) is 23.2 Å². The summed E-state index contributed by atoms with van der Waals surface area (Å²) in [6.45, 7) is 3.23. The fourth-order valence-corrected chi connectivity index (χ4v) is 2.68. The van der Waals surface area contributed by atoms with Crippen LogP contribution in [0.1, 0.15) is 24.1 Å². The molecule has 0 radical (unpaired) electrons. The van der Waals surface area contributed by atoms with Gasteiger partial charge in [-0.2, -0.15) is 0 Å². The summed E-state index contributed by atoms with van der Waals surface area (Å²) >= 11 is 3.60. The number of fused-ring (bicyclic) bond motifs is 1. The van der Waals surface area contributed by atoms with Gasteiger partial charge in [0.25, 0.3) is 0 Å². The van der Waals surface area contributed by atoms with Crippen molar-refractivity contribution in [2.75, 3.05) is 13.7 Å². The number of ether oxygens (including phenoxy) is 1. The lowest BCUT2D eigenvalue weighted by Crippen LogP contribution is -2.28. The maximum Gasteiger partial charge on any atom is 0.133 e. The molecule has 1 aliphatic heterocycles. The molecule has 1 aliphatic rings. The summed E-state index contributed by atoms with van der Waals surface area (Å²) in [6.07, 6.45) is 1.07. The molecule has 3 heteroatoms. The predicted octanol–water partition coefficient (Wildman–Crippen LogP) is 2.66. The monoisotopic (exact) mass is 255 g/mol. The Morgan fingerprint density at radius 1 is 1.50 bits per heavy atom. The number of hydrogen-bond donors (Lipinski definition) is 1. The smallest absolute Gasteiger partial charge is 0.133 e. The second-order valence-electron chi connectivity index (χ2n) is 3.58. The van der Waals surface area contributed by atoms with Crippen molar-refractivity contribution in [1.29, 1.82) is 0 Å². The SMILES string of the molecule is COc1ccc2c(c1Br)CCNC2C. The van der Waals surface area contributed by atoms with Crippen LogP contribution in [0.4, 0.5) is 0 Å². The van der Waals surface area contributed by atoms with Gasteiger partial charge in [0.05, 0.1) is 11.6 Å². The molecule has 1 atom stereocenters. The molecule has 1 heterocycles. The number of methoxy groups -OCH3 is 1. The van der Waals surface area contributed by atoms with Gasteiger partial charge in [-0.25, -0.2) is 0 Å². The summed E-state index contributed by atoms with van der Waals surface area (Å²) in [5.41, 5.74) is 2.76. The van der Waals surface area contributed by atoms with Gasteiger partial charge in [0, 0.05) is 6.04 Å². The normalized spacial score (nSPS) is 20.4. The van der Waals surface area contributed by atoms with Gasteiger partial charge in [0.15, 0.2) is 0 Å². The van der Waals surface area contributed by atoms with Crippen molar-refractivity contribution in [3.8, 4) is 5.75 Å². The number of nitrogens with one attached hydrogen (secondary N) is 1. The molecule has 0 bridgehead atoms. The van der Waals surface area contributed by atoms with Crippen LogP contribution in [0.3, 0.4) is 0 Å². The largest absolute Gasteiger partial charge is 0.496 e. The minimum atomic E-state index is 0.445. The van der Waals surface area contributed by atoms with E-state index >= 15 is 0 Å². The lowest BCUT2D eigenvalue weighted by molar-refractivity contribution is 0.409. The van der Waals surface area contributed by atoms with E-state index in [9.17, 15) is 0 Å². The Bertz CT molecular complexity index is 351. The van der Waals surface area contributed by atoms with Crippen LogP contribution < -0.4 is 10.1 Å². The van der Waals surface area contributed by atoms with Gasteiger partial charge in [-0.15, -0.1) is 0 Å². The number of hydrogen-bond acceptors (Lipinski definition) is 2. The third-order valence-corrected chi connectivity index (χ3v) is 3.63. The highest BCUT2D eigenvalue weighted by molar-refractivity contribution is 9.10. The first kappa shape index (κ1) is 9.99. The van der Waals surface area contributed by atoms with Crippen LogP contribution in [0.2, 0.25) is 0 Å². The first-order valence-electron chi connectivity index (χ1n) is 4.82. The Morgan fingerprint density at radius 3 is 3.00 bits per heavy atom. The van der Waals surface area contributed by atoms with Gasteiger partial charge in [0.1, 0.15) is 5.75 Å². The summed E-state index contributed by atoms with van der Waals surface area (Å²) in [4.78, 5) is 0. The van der Waals surface area contributed by atoms with Crippen molar-refractivity contribution in [1.82, 2.24) is 5.32 Å². The van der Waals surface area contributed by atoms with E-state index in [1.807, 2.05) is 6.07 Å². The molecule has 2 rings (SSSR count). The maximum absolute atomic E-state index is 5.28. The molecular formula is C11H14BrNO. The molecule has 1 unspecified atom stereocenters. The summed E-state index contributed by atoms with van der Waals surface area (Å²) in [5.74, 6) is 0.929. The zero-order valence-electron chi connectivity index (χ0n) is 8.43. The van der Waals surface area contributed by atoms with E-state index in [4.69, 9.17) is 4.74 Å². The van der Waals surface area contributed by atoms with E-state index in [2.05, 4.69) is 34.2 Å². The van der Waals surface area contributed by atoms with Gasteiger partial charge in [-0.3, -0.25) is 0 Å². The van der Waals surface area contributed by atoms with Crippen molar-refractivity contribution in [2.24, 2.45) is 0 Å². The highest BCUT2D eigenvalue weighted by atomic mass is 79.9. The molecule has 1 aromatic rings. The van der Waals surface area contributed by atoms with Crippen LogP contribution in [-0.4, -0.2) is 13.7 Å². The van der Waals surface area contributed by atoms with Crippen LogP contribution in [-0.2, 0) is 6.42 Å². The lowest BCUT2D eigenvalue weighted by Gasteiger charge is -2.25. The fraction of sp³-hybridized carbons (Fsp3) is 0.455. The minimum absolute atomic E-state index is 0.445. The molecule has 2 nitrogen and oxygen atoms in total. The molecule has 0 amide bonds. The highest BCUT2D eigenvalue weighted by Gasteiger charge is 2.19. The van der Waals surface area contributed by atoms with Crippen LogP contribution in [0.25, 0.3) is 0 Å². The standard InChI is InChI=1S/C11H14BrNO/c1-7-8-3-4-10(14-2)11(12)9(8)5-6-13-7/h3-4,7,13H,5-6H2,1-2H3. The zero-order valence-corrected chi connectivity index (χ0v) is 10.0. The van der Waals surface area contributed by atoms with E-state index in [0.29, 0.717) is 6.04 Å². The molecule has 0 aromatic heterocycles. The quantitative estimate of drug-likeness (QED) is 0.834. The third-order valence-electron chi connectivity index (χ3n) is 2.76. The van der Waals surface area contributed by atoms with Gasteiger partial charge in [0.2, 0.25) is 0 Å². The Morgan fingerprint density at radius 2 is 2.29 bits per heavy atom. The molecule has 0 saturated carbocycles. The van der Waals surface area contributed by atoms with Crippen LogP contribution in [0.5, 0.6) is 5.75 Å². The second kappa shape index (κ2) is 3.91. The van der Waals surface area contributed by atoms with E-state index in [-0.39, 0.29) is 0 Å². The van der Waals surface area contributed by atoms with E-state index in [1.54, 1.807) is 7.11 Å². The van der Waals surface area contributed by atoms with Crippen molar-refractivity contribution < 1.29 is 4.74 Å². The molecule has 1 aromatic carbocycles. The predicted molar refractivity (Wildman–Crippen MR) is 60.8 cm³/mol. The zero-order chi connectivity index (χ0) is 10.1. The molecule has 0 aliphatic carbocycles. The summed E-state index contributed by atoms with van der Waals surface area (Å²) < 4.78 is 6.40. The molecule has 0 fully saturated rings. The Balaban J connectivity index is 2.52. The fourth-order valence-electron chi connectivity index (χ4n) is 1.96. The van der Waals surface area contributed by atoms with Gasteiger partial charge in [-0.1, -0.05) is 6.07 Å². The van der Waals surface area contributed by atoms with Crippen molar-refractivity contribution in [2.45, 2.75) is 19.4 Å². The van der Waals surface area contributed by atoms with Gasteiger partial charge >= 0.3 is 0 Å². The van der Waals surface area contributed by atoms with Gasteiger partial charge < -0.3 is 10.1 Å². The minimum Gasteiger partial charge on any atom is -0.496 e. The molecule has 0 spiro atoms. The van der Waals surface area contributed by atoms with Crippen molar-refractivity contribution >= 4 is 15.9 Å². The van der Waals surface area contributed by atoms with Crippen LogP contribution >= 0.6 is 15.9 Å². The summed E-state index contributed by atoms with van der Waals surface area (Å²) in [7, 11) is 1.71. The second-order valence-corrected chi connectivity index (χ2v) is 4.37. The molecule has 0 saturated heterocycles. The van der Waals surface area contributed by atoms with E-state index in [1.165, 1.54) is 11.1 Å². The molecule has 14 heavy (non-hydrogen) atoms. The highest BCUT2D eigenvalue weighted by Crippen LogP contribution is 2.35. The Hall–Kier alpha value is -0.540. The summed E-state index contributed by atoms with van der Waals surface area (Å²) in [6, 6.07) is 4.61. The number of halogens is 1. The van der Waals surface area contributed by atoms with Crippen LogP contribution in [0.15, 0.2) is 16.6 Å². The van der Waals surface area contributed by atoms with Crippen LogP contribution in [0, 0.1) is 0 Å². The number of benzene rings is 1.